The van der Waals surface area contributed by atoms with Gasteiger partial charge in [-0.3, -0.25) is 0 Å². The van der Waals surface area contributed by atoms with Crippen LogP contribution in [0, 0.1) is 6.92 Å². The van der Waals surface area contributed by atoms with Crippen LogP contribution in [0.2, 0.25) is 0 Å². The Kier molecular flexibility index (Phi) is 3.25. The lowest BCUT2D eigenvalue weighted by molar-refractivity contribution is -0.137. The minimum Gasteiger partial charge on any atom is -0.462 e. The molecule has 1 aromatic heterocycles. The molecule has 0 fully saturated rings. The summed E-state index contributed by atoms with van der Waals surface area (Å²) in [6, 6.07) is 0. The first-order valence-electron chi connectivity index (χ1n) is 4.02. The maximum atomic E-state index is 10.6. The third kappa shape index (κ3) is 3.11. The molecule has 0 bridgehead atoms. The van der Waals surface area contributed by atoms with Crippen molar-refractivity contribution in [3.05, 3.63) is 30.4 Å². The van der Waals surface area contributed by atoms with Gasteiger partial charge in [-0.2, -0.15) is 0 Å². The summed E-state index contributed by atoms with van der Waals surface area (Å²) in [6.45, 7) is 5.55. The van der Waals surface area contributed by atoms with Gasteiger partial charge in [0.15, 0.2) is 0 Å². The number of rotatable bonds is 4. The van der Waals surface area contributed by atoms with E-state index in [0.29, 0.717) is 13.0 Å². The fraction of sp³-hybridized carbons (Fsp3) is 0.333. The highest BCUT2D eigenvalue weighted by atomic mass is 16.5. The predicted molar refractivity (Wildman–Crippen MR) is 48.2 cm³/mol. The molecule has 1 heterocycles. The van der Waals surface area contributed by atoms with E-state index in [2.05, 4.69) is 16.5 Å². The fourth-order valence-corrected chi connectivity index (χ4v) is 0.901. The van der Waals surface area contributed by atoms with Crippen molar-refractivity contribution >= 4 is 5.97 Å². The van der Waals surface area contributed by atoms with E-state index in [0.717, 1.165) is 17.6 Å². The van der Waals surface area contributed by atoms with Crippen molar-refractivity contribution in [1.82, 2.24) is 9.97 Å². The lowest BCUT2D eigenvalue weighted by Crippen LogP contribution is -2.05. The smallest absolute Gasteiger partial charge is 0.330 e. The highest BCUT2D eigenvalue weighted by molar-refractivity contribution is 5.81. The topological polar surface area (TPSA) is 55.0 Å². The van der Waals surface area contributed by atoms with Gasteiger partial charge < -0.3 is 9.72 Å². The monoisotopic (exact) mass is 180 g/mol. The van der Waals surface area contributed by atoms with Crippen LogP contribution in [0.5, 0.6) is 0 Å². The molecule has 0 radical (unpaired) electrons. The van der Waals surface area contributed by atoms with Crippen LogP contribution in [0.15, 0.2) is 18.9 Å². The number of esters is 1. The van der Waals surface area contributed by atoms with Gasteiger partial charge in [0, 0.05) is 24.4 Å². The zero-order chi connectivity index (χ0) is 9.68. The molecular formula is C9H12N2O2. The maximum Gasteiger partial charge on any atom is 0.330 e. The van der Waals surface area contributed by atoms with Crippen LogP contribution in [0.4, 0.5) is 0 Å². The summed E-state index contributed by atoms with van der Waals surface area (Å²) >= 11 is 0. The summed E-state index contributed by atoms with van der Waals surface area (Å²) in [6.07, 6.45) is 3.49. The van der Waals surface area contributed by atoms with E-state index in [1.807, 2.05) is 6.92 Å². The molecule has 1 rings (SSSR count). The maximum absolute atomic E-state index is 10.6. The Balaban J connectivity index is 2.27. The number of nitrogens with zero attached hydrogens (tertiary/aromatic N) is 1. The number of hydrogen-bond acceptors (Lipinski definition) is 3. The largest absolute Gasteiger partial charge is 0.462 e. The van der Waals surface area contributed by atoms with Crippen molar-refractivity contribution in [1.29, 1.82) is 0 Å². The quantitative estimate of drug-likeness (QED) is 0.555. The molecule has 1 N–H and O–H groups in total. The molecular weight excluding hydrogens is 168 g/mol. The Morgan fingerprint density at radius 3 is 3.15 bits per heavy atom. The number of ether oxygens (including phenoxy) is 1. The molecule has 0 aliphatic heterocycles. The van der Waals surface area contributed by atoms with E-state index in [1.165, 1.54) is 0 Å². The molecule has 0 aliphatic carbocycles. The average molecular weight is 180 g/mol. The van der Waals surface area contributed by atoms with Gasteiger partial charge in [-0.1, -0.05) is 6.58 Å². The molecule has 0 aliphatic rings. The number of H-pyrrole nitrogens is 1. The Labute approximate surface area is 76.6 Å². The minimum absolute atomic E-state index is 0.331. The van der Waals surface area contributed by atoms with Crippen LogP contribution in [-0.2, 0) is 16.0 Å². The molecule has 1 aromatic rings. The highest BCUT2D eigenvalue weighted by Gasteiger charge is 1.99. The molecule has 70 valence electrons. The van der Waals surface area contributed by atoms with Crippen molar-refractivity contribution in [3.8, 4) is 0 Å². The number of aromatic amines is 1. The lowest BCUT2D eigenvalue weighted by atomic mass is 10.4. The first-order chi connectivity index (χ1) is 6.22. The number of hydrogen-bond donors (Lipinski definition) is 1. The zero-order valence-electron chi connectivity index (χ0n) is 7.54. The summed E-state index contributed by atoms with van der Waals surface area (Å²) in [5.41, 5.74) is 1.00. The van der Waals surface area contributed by atoms with E-state index < -0.39 is 5.97 Å². The van der Waals surface area contributed by atoms with Gasteiger partial charge in [-0.05, 0) is 6.92 Å². The molecule has 0 atom stereocenters. The Bertz CT molecular complexity index is 304. The standard InChI is InChI=1S/C9H12N2O2/c1-3-9(12)13-5-4-8-10-6-7(2)11-8/h3,6H,1,4-5H2,2H3,(H,10,11). The molecule has 4 heteroatoms. The normalized spacial score (nSPS) is 9.62. The summed E-state index contributed by atoms with van der Waals surface area (Å²) in [5, 5.41) is 0. The van der Waals surface area contributed by atoms with E-state index in [-0.39, 0.29) is 0 Å². The first kappa shape index (κ1) is 9.51. The molecule has 13 heavy (non-hydrogen) atoms. The summed E-state index contributed by atoms with van der Waals surface area (Å²) in [4.78, 5) is 17.7. The van der Waals surface area contributed by atoms with Crippen LogP contribution in [0.25, 0.3) is 0 Å². The minimum atomic E-state index is -0.400. The number of imidazole rings is 1. The number of nitrogens with one attached hydrogen (secondary N) is 1. The zero-order valence-corrected chi connectivity index (χ0v) is 7.54. The Morgan fingerprint density at radius 1 is 1.85 bits per heavy atom. The summed E-state index contributed by atoms with van der Waals surface area (Å²) in [5.74, 6) is 0.428. The Hall–Kier alpha value is -1.58. The van der Waals surface area contributed by atoms with Crippen molar-refractivity contribution < 1.29 is 9.53 Å². The van der Waals surface area contributed by atoms with Crippen LogP contribution in [0.1, 0.15) is 11.5 Å². The van der Waals surface area contributed by atoms with E-state index in [4.69, 9.17) is 4.74 Å². The molecule has 0 saturated heterocycles. The number of carbonyl (C=O) groups excluding carboxylic acids is 1. The highest BCUT2D eigenvalue weighted by Crippen LogP contribution is 1.96. The number of aromatic nitrogens is 2. The van der Waals surface area contributed by atoms with Gasteiger partial charge >= 0.3 is 5.97 Å². The second-order valence-corrected chi connectivity index (χ2v) is 2.63. The SMILES string of the molecule is C=CC(=O)OCCc1ncc(C)[nH]1. The number of carbonyl (C=O) groups is 1. The lowest BCUT2D eigenvalue weighted by Gasteiger charge is -1.98. The molecule has 0 unspecified atom stereocenters. The van der Waals surface area contributed by atoms with Crippen molar-refractivity contribution in [2.24, 2.45) is 0 Å². The van der Waals surface area contributed by atoms with Crippen LogP contribution < -0.4 is 0 Å². The van der Waals surface area contributed by atoms with Gasteiger partial charge in [-0.25, -0.2) is 9.78 Å². The molecule has 0 saturated carbocycles. The first-order valence-corrected chi connectivity index (χ1v) is 4.02. The van der Waals surface area contributed by atoms with Crippen molar-refractivity contribution in [2.45, 2.75) is 13.3 Å². The predicted octanol–water partition coefficient (Wildman–Crippen LogP) is 0.990. The van der Waals surface area contributed by atoms with Crippen LogP contribution in [0.3, 0.4) is 0 Å². The Morgan fingerprint density at radius 2 is 2.62 bits per heavy atom. The molecule has 0 spiro atoms. The van der Waals surface area contributed by atoms with Crippen LogP contribution in [-0.4, -0.2) is 22.5 Å². The van der Waals surface area contributed by atoms with Crippen LogP contribution >= 0.6 is 0 Å². The third-order valence-corrected chi connectivity index (χ3v) is 1.51. The van der Waals surface area contributed by atoms with Gasteiger partial charge in [0.2, 0.25) is 0 Å². The number of aryl methyl sites for hydroxylation is 1. The van der Waals surface area contributed by atoms with Gasteiger partial charge in [0.05, 0.1) is 6.61 Å². The summed E-state index contributed by atoms with van der Waals surface area (Å²) < 4.78 is 4.79. The van der Waals surface area contributed by atoms with Gasteiger partial charge in [-0.15, -0.1) is 0 Å². The third-order valence-electron chi connectivity index (χ3n) is 1.51. The van der Waals surface area contributed by atoms with E-state index in [9.17, 15) is 4.79 Å². The molecule has 0 amide bonds. The molecule has 0 aromatic carbocycles. The van der Waals surface area contributed by atoms with E-state index >= 15 is 0 Å². The van der Waals surface area contributed by atoms with E-state index in [1.54, 1.807) is 6.20 Å². The fourth-order valence-electron chi connectivity index (χ4n) is 0.901. The van der Waals surface area contributed by atoms with Crippen molar-refractivity contribution in [2.75, 3.05) is 6.61 Å². The summed E-state index contributed by atoms with van der Waals surface area (Å²) in [7, 11) is 0. The van der Waals surface area contributed by atoms with Crippen molar-refractivity contribution in [3.63, 3.8) is 0 Å². The van der Waals surface area contributed by atoms with Gasteiger partial charge in [0.25, 0.3) is 0 Å². The van der Waals surface area contributed by atoms with Gasteiger partial charge in [0.1, 0.15) is 5.82 Å². The average Bonchev–Trinajstić information content (AvgIpc) is 2.51. The molecule has 4 nitrogen and oxygen atoms in total. The second kappa shape index (κ2) is 4.45. The second-order valence-electron chi connectivity index (χ2n) is 2.63.